The molecule has 2 rings (SSSR count). The van der Waals surface area contributed by atoms with Crippen LogP contribution in [0.2, 0.25) is 0 Å². The molecule has 0 spiro atoms. The molecule has 0 aromatic heterocycles. The molecule has 2 N–H and O–H groups in total. The second-order valence-corrected chi connectivity index (χ2v) is 4.98. The Bertz CT molecular complexity index is 453. The third kappa shape index (κ3) is 3.44. The van der Waals surface area contributed by atoms with Gasteiger partial charge in [-0.1, -0.05) is 19.1 Å². The Morgan fingerprint density at radius 3 is 2.95 bits per heavy atom. The maximum atomic E-state index is 12.3. The van der Waals surface area contributed by atoms with Crippen molar-refractivity contribution in [2.24, 2.45) is 5.73 Å². The maximum Gasteiger partial charge on any atom is 0.239 e. The fourth-order valence-electron chi connectivity index (χ4n) is 2.61. The number of halogens is 1. The molecular weight excluding hydrogens is 276 g/mol. The molecule has 1 amide bonds. The summed E-state index contributed by atoms with van der Waals surface area (Å²) in [4.78, 5) is 14.2. The monoisotopic (exact) mass is 298 g/mol. The number of methoxy groups -OCH3 is 1. The minimum Gasteiger partial charge on any atom is -0.497 e. The summed E-state index contributed by atoms with van der Waals surface area (Å²) in [5, 5.41) is 0. The highest BCUT2D eigenvalue weighted by Gasteiger charge is 2.32. The van der Waals surface area contributed by atoms with E-state index in [1.54, 1.807) is 7.11 Å². The molecule has 1 heterocycles. The van der Waals surface area contributed by atoms with E-state index in [-0.39, 0.29) is 30.4 Å². The first-order valence-electron chi connectivity index (χ1n) is 6.87. The summed E-state index contributed by atoms with van der Waals surface area (Å²) < 4.78 is 5.25. The van der Waals surface area contributed by atoms with Gasteiger partial charge in [0, 0.05) is 6.54 Å². The van der Waals surface area contributed by atoms with Crippen LogP contribution in [-0.2, 0) is 4.79 Å². The molecule has 1 unspecified atom stereocenters. The van der Waals surface area contributed by atoms with E-state index in [4.69, 9.17) is 10.5 Å². The Labute approximate surface area is 126 Å². The molecule has 5 heteroatoms. The van der Waals surface area contributed by atoms with Gasteiger partial charge in [0.2, 0.25) is 5.91 Å². The van der Waals surface area contributed by atoms with Gasteiger partial charge in [-0.05, 0) is 37.0 Å². The molecule has 0 aliphatic carbocycles. The predicted molar refractivity (Wildman–Crippen MR) is 82.2 cm³/mol. The molecule has 112 valence electrons. The van der Waals surface area contributed by atoms with Crippen LogP contribution in [-0.4, -0.2) is 30.5 Å². The molecular formula is C15H23ClN2O2. The lowest BCUT2D eigenvalue weighted by Crippen LogP contribution is -2.43. The first-order chi connectivity index (χ1) is 9.17. The van der Waals surface area contributed by atoms with Crippen LogP contribution < -0.4 is 10.5 Å². The summed E-state index contributed by atoms with van der Waals surface area (Å²) in [6, 6.07) is 7.70. The number of nitrogens with zero attached hydrogens (tertiary/aromatic N) is 1. The van der Waals surface area contributed by atoms with E-state index in [2.05, 4.69) is 6.07 Å². The molecule has 0 saturated carbocycles. The first kappa shape index (κ1) is 16.8. The Hall–Kier alpha value is -1.26. The van der Waals surface area contributed by atoms with Gasteiger partial charge in [0.15, 0.2) is 0 Å². The Balaban J connectivity index is 0.00000200. The molecule has 0 radical (unpaired) electrons. The van der Waals surface area contributed by atoms with Crippen molar-refractivity contribution in [3.05, 3.63) is 29.8 Å². The molecule has 1 fully saturated rings. The SMILES string of the molecule is CC[C@H](N)C(=O)N1CCCC1c1cccc(OC)c1.Cl. The number of carbonyl (C=O) groups is 1. The Kier molecular flexibility index (Phi) is 6.30. The van der Waals surface area contributed by atoms with Gasteiger partial charge in [-0.25, -0.2) is 0 Å². The number of likely N-dealkylation sites (tertiary alicyclic amines) is 1. The number of ether oxygens (including phenoxy) is 1. The number of hydrogen-bond donors (Lipinski definition) is 1. The number of benzene rings is 1. The molecule has 20 heavy (non-hydrogen) atoms. The molecule has 2 atom stereocenters. The van der Waals surface area contributed by atoms with Crippen molar-refractivity contribution >= 4 is 18.3 Å². The lowest BCUT2D eigenvalue weighted by atomic mass is 10.0. The van der Waals surface area contributed by atoms with Gasteiger partial charge in [-0.3, -0.25) is 4.79 Å². The number of nitrogens with two attached hydrogens (primary N) is 1. The van der Waals surface area contributed by atoms with Crippen LogP contribution in [0.3, 0.4) is 0 Å². The first-order valence-corrected chi connectivity index (χ1v) is 6.87. The van der Waals surface area contributed by atoms with Gasteiger partial charge < -0.3 is 15.4 Å². The standard InChI is InChI=1S/C15H22N2O2.ClH/c1-3-13(16)15(18)17-9-5-8-14(17)11-6-4-7-12(10-11)19-2;/h4,6-7,10,13-14H,3,5,8-9,16H2,1-2H3;1H/t13-,14?;/m0./s1. The Morgan fingerprint density at radius 2 is 2.30 bits per heavy atom. The van der Waals surface area contributed by atoms with E-state index < -0.39 is 0 Å². The van der Waals surface area contributed by atoms with E-state index in [1.165, 1.54) is 0 Å². The van der Waals surface area contributed by atoms with Crippen LogP contribution in [0, 0.1) is 0 Å². The van der Waals surface area contributed by atoms with Crippen molar-refractivity contribution in [3.63, 3.8) is 0 Å². The van der Waals surface area contributed by atoms with Crippen molar-refractivity contribution in [3.8, 4) is 5.75 Å². The minimum absolute atomic E-state index is 0. The number of rotatable bonds is 4. The van der Waals surface area contributed by atoms with Gasteiger partial charge in [0.1, 0.15) is 5.75 Å². The zero-order chi connectivity index (χ0) is 13.8. The largest absolute Gasteiger partial charge is 0.497 e. The van der Waals surface area contributed by atoms with Crippen LogP contribution in [0.5, 0.6) is 5.75 Å². The molecule has 4 nitrogen and oxygen atoms in total. The van der Waals surface area contributed by atoms with Crippen molar-refractivity contribution < 1.29 is 9.53 Å². The quantitative estimate of drug-likeness (QED) is 0.929. The average Bonchev–Trinajstić information content (AvgIpc) is 2.95. The summed E-state index contributed by atoms with van der Waals surface area (Å²) in [6.45, 7) is 2.74. The molecule has 0 bridgehead atoms. The highest BCUT2D eigenvalue weighted by atomic mass is 35.5. The van der Waals surface area contributed by atoms with E-state index >= 15 is 0 Å². The van der Waals surface area contributed by atoms with E-state index in [0.717, 1.165) is 30.7 Å². The third-order valence-electron chi connectivity index (χ3n) is 3.77. The summed E-state index contributed by atoms with van der Waals surface area (Å²) in [5.41, 5.74) is 7.01. The van der Waals surface area contributed by atoms with Crippen LogP contribution in [0.4, 0.5) is 0 Å². The lowest BCUT2D eigenvalue weighted by molar-refractivity contribution is -0.133. The molecule has 1 aromatic carbocycles. The van der Waals surface area contributed by atoms with Gasteiger partial charge in [0.05, 0.1) is 19.2 Å². The number of amides is 1. The van der Waals surface area contributed by atoms with E-state index in [9.17, 15) is 4.79 Å². The molecule has 1 aromatic rings. The summed E-state index contributed by atoms with van der Waals surface area (Å²) in [7, 11) is 1.66. The van der Waals surface area contributed by atoms with Gasteiger partial charge in [0.25, 0.3) is 0 Å². The molecule has 1 aliphatic rings. The van der Waals surface area contributed by atoms with Crippen molar-refractivity contribution in [2.45, 2.75) is 38.3 Å². The Morgan fingerprint density at radius 1 is 1.55 bits per heavy atom. The zero-order valence-electron chi connectivity index (χ0n) is 12.0. The maximum absolute atomic E-state index is 12.3. The van der Waals surface area contributed by atoms with Gasteiger partial charge in [-0.2, -0.15) is 0 Å². The fraction of sp³-hybridized carbons (Fsp3) is 0.533. The number of carbonyl (C=O) groups excluding carboxylic acids is 1. The minimum atomic E-state index is -0.383. The van der Waals surface area contributed by atoms with Crippen LogP contribution in [0.1, 0.15) is 37.8 Å². The van der Waals surface area contributed by atoms with Crippen molar-refractivity contribution in [1.29, 1.82) is 0 Å². The summed E-state index contributed by atoms with van der Waals surface area (Å²) >= 11 is 0. The van der Waals surface area contributed by atoms with Gasteiger partial charge in [-0.15, -0.1) is 12.4 Å². The van der Waals surface area contributed by atoms with Crippen LogP contribution in [0.25, 0.3) is 0 Å². The molecule has 1 saturated heterocycles. The zero-order valence-corrected chi connectivity index (χ0v) is 12.9. The normalized spacial score (nSPS) is 19.4. The fourth-order valence-corrected chi connectivity index (χ4v) is 2.61. The van der Waals surface area contributed by atoms with Crippen molar-refractivity contribution in [1.82, 2.24) is 4.90 Å². The second-order valence-electron chi connectivity index (χ2n) is 4.98. The smallest absolute Gasteiger partial charge is 0.239 e. The highest BCUT2D eigenvalue weighted by Crippen LogP contribution is 2.33. The highest BCUT2D eigenvalue weighted by molar-refractivity contribution is 5.85. The van der Waals surface area contributed by atoms with E-state index in [0.29, 0.717) is 6.42 Å². The van der Waals surface area contributed by atoms with Crippen LogP contribution >= 0.6 is 12.4 Å². The molecule has 1 aliphatic heterocycles. The topological polar surface area (TPSA) is 55.6 Å². The van der Waals surface area contributed by atoms with E-state index in [1.807, 2.05) is 30.0 Å². The van der Waals surface area contributed by atoms with Crippen LogP contribution in [0.15, 0.2) is 24.3 Å². The van der Waals surface area contributed by atoms with Crippen molar-refractivity contribution in [2.75, 3.05) is 13.7 Å². The second kappa shape index (κ2) is 7.50. The predicted octanol–water partition coefficient (Wildman–Crippen LogP) is 2.52. The summed E-state index contributed by atoms with van der Waals surface area (Å²) in [5.74, 6) is 0.893. The lowest BCUT2D eigenvalue weighted by Gasteiger charge is -2.27. The number of hydrogen-bond acceptors (Lipinski definition) is 3. The third-order valence-corrected chi connectivity index (χ3v) is 3.77. The summed E-state index contributed by atoms with van der Waals surface area (Å²) in [6.07, 6.45) is 2.71. The van der Waals surface area contributed by atoms with Gasteiger partial charge >= 0.3 is 0 Å². The average molecular weight is 299 g/mol.